The minimum absolute atomic E-state index is 0.00839. The number of nitrogens with zero attached hydrogens (tertiary/aromatic N) is 2. The van der Waals surface area contributed by atoms with E-state index in [9.17, 15) is 19.5 Å². The summed E-state index contributed by atoms with van der Waals surface area (Å²) in [4.78, 5) is 37.3. The molecule has 0 aliphatic carbocycles. The molecular formula is C21H21N3O4. The van der Waals surface area contributed by atoms with Gasteiger partial charge in [0.05, 0.1) is 11.1 Å². The van der Waals surface area contributed by atoms with Gasteiger partial charge in [0.1, 0.15) is 6.04 Å². The maximum atomic E-state index is 12.9. The lowest BCUT2D eigenvalue weighted by molar-refractivity contribution is -0.139. The van der Waals surface area contributed by atoms with Crippen molar-refractivity contribution in [3.63, 3.8) is 0 Å². The third-order valence-corrected chi connectivity index (χ3v) is 4.33. The van der Waals surface area contributed by atoms with Gasteiger partial charge in [-0.15, -0.1) is 0 Å². The SMILES string of the molecule is CC(C)CC(NC(=O)c1nn(-c2ccccc2)c(=O)c2ccccc12)C(=O)O. The van der Waals surface area contributed by atoms with Gasteiger partial charge in [-0.2, -0.15) is 9.78 Å². The summed E-state index contributed by atoms with van der Waals surface area (Å²) in [5.41, 5.74) is 0.175. The van der Waals surface area contributed by atoms with Crippen molar-refractivity contribution in [1.82, 2.24) is 15.1 Å². The van der Waals surface area contributed by atoms with Crippen LogP contribution in [0.3, 0.4) is 0 Å². The molecule has 0 bridgehead atoms. The molecule has 3 aromatic rings. The number of rotatable bonds is 6. The summed E-state index contributed by atoms with van der Waals surface area (Å²) >= 11 is 0. The summed E-state index contributed by atoms with van der Waals surface area (Å²) in [6.07, 6.45) is 0.289. The number of aromatic nitrogens is 2. The first kappa shape index (κ1) is 19.3. The summed E-state index contributed by atoms with van der Waals surface area (Å²) < 4.78 is 1.16. The maximum Gasteiger partial charge on any atom is 0.326 e. The summed E-state index contributed by atoms with van der Waals surface area (Å²) in [5.74, 6) is -1.65. The third kappa shape index (κ3) is 3.93. The highest BCUT2D eigenvalue weighted by atomic mass is 16.4. The Morgan fingerprint density at radius 2 is 1.64 bits per heavy atom. The fourth-order valence-corrected chi connectivity index (χ4v) is 3.02. The molecule has 28 heavy (non-hydrogen) atoms. The topological polar surface area (TPSA) is 101 Å². The van der Waals surface area contributed by atoms with E-state index in [1.165, 1.54) is 0 Å². The molecule has 144 valence electrons. The Bertz CT molecular complexity index is 1070. The van der Waals surface area contributed by atoms with Crippen LogP contribution in [0, 0.1) is 5.92 Å². The monoisotopic (exact) mass is 379 g/mol. The summed E-state index contributed by atoms with van der Waals surface area (Å²) in [5, 5.41) is 16.9. The van der Waals surface area contributed by atoms with Crippen molar-refractivity contribution in [1.29, 1.82) is 0 Å². The molecule has 1 aromatic heterocycles. The molecule has 2 aromatic carbocycles. The van der Waals surface area contributed by atoms with E-state index in [0.29, 0.717) is 16.5 Å². The molecule has 7 heteroatoms. The van der Waals surface area contributed by atoms with Crippen molar-refractivity contribution in [2.75, 3.05) is 0 Å². The van der Waals surface area contributed by atoms with E-state index in [4.69, 9.17) is 0 Å². The minimum atomic E-state index is -1.11. The van der Waals surface area contributed by atoms with E-state index in [0.717, 1.165) is 4.68 Å². The van der Waals surface area contributed by atoms with Gasteiger partial charge >= 0.3 is 5.97 Å². The molecule has 1 amide bonds. The lowest BCUT2D eigenvalue weighted by Gasteiger charge is -2.17. The van der Waals surface area contributed by atoms with Crippen LogP contribution in [0.4, 0.5) is 0 Å². The zero-order valence-corrected chi connectivity index (χ0v) is 15.6. The standard InChI is InChI=1S/C21H21N3O4/c1-13(2)12-17(21(27)28)22-19(25)18-15-10-6-7-11-16(15)20(26)24(23-18)14-8-4-3-5-9-14/h3-11,13,17H,12H2,1-2H3,(H,22,25)(H,27,28). The van der Waals surface area contributed by atoms with Gasteiger partial charge in [-0.05, 0) is 30.5 Å². The molecule has 1 heterocycles. The van der Waals surface area contributed by atoms with E-state index in [1.54, 1.807) is 48.5 Å². The number of hydrogen-bond donors (Lipinski definition) is 2. The van der Waals surface area contributed by atoms with Crippen molar-refractivity contribution in [2.45, 2.75) is 26.3 Å². The summed E-state index contributed by atoms with van der Waals surface area (Å²) in [7, 11) is 0. The van der Waals surface area contributed by atoms with Gasteiger partial charge in [0.2, 0.25) is 0 Å². The molecule has 0 saturated heterocycles. The van der Waals surface area contributed by atoms with E-state index in [2.05, 4.69) is 10.4 Å². The molecule has 0 aliphatic heterocycles. The third-order valence-electron chi connectivity index (χ3n) is 4.33. The lowest BCUT2D eigenvalue weighted by atomic mass is 10.0. The Balaban J connectivity index is 2.12. The Morgan fingerprint density at radius 3 is 2.25 bits per heavy atom. The number of hydrogen-bond acceptors (Lipinski definition) is 4. The van der Waals surface area contributed by atoms with Gasteiger partial charge < -0.3 is 10.4 Å². The van der Waals surface area contributed by atoms with Gasteiger partial charge in [-0.3, -0.25) is 9.59 Å². The largest absolute Gasteiger partial charge is 0.480 e. The van der Waals surface area contributed by atoms with Crippen LogP contribution >= 0.6 is 0 Å². The second kappa shape index (κ2) is 8.04. The number of para-hydroxylation sites is 1. The number of carboxylic acid groups (broad SMARTS) is 1. The van der Waals surface area contributed by atoms with Gasteiger partial charge in [-0.25, -0.2) is 4.79 Å². The molecule has 1 atom stereocenters. The average Bonchev–Trinajstić information content (AvgIpc) is 2.68. The van der Waals surface area contributed by atoms with Crippen LogP contribution < -0.4 is 10.9 Å². The molecule has 1 unspecified atom stereocenters. The van der Waals surface area contributed by atoms with Crippen LogP contribution in [0.5, 0.6) is 0 Å². The molecule has 0 fully saturated rings. The quantitative estimate of drug-likeness (QED) is 0.686. The van der Waals surface area contributed by atoms with Crippen LogP contribution in [0.2, 0.25) is 0 Å². The maximum absolute atomic E-state index is 12.9. The normalized spacial score (nSPS) is 12.1. The average molecular weight is 379 g/mol. The van der Waals surface area contributed by atoms with Gasteiger partial charge in [0.15, 0.2) is 5.69 Å². The van der Waals surface area contributed by atoms with E-state index < -0.39 is 17.9 Å². The fourth-order valence-electron chi connectivity index (χ4n) is 3.02. The molecule has 7 nitrogen and oxygen atoms in total. The van der Waals surface area contributed by atoms with Crippen molar-refractivity contribution < 1.29 is 14.7 Å². The Hall–Kier alpha value is -3.48. The number of carboxylic acids is 1. The first-order valence-electron chi connectivity index (χ1n) is 8.99. The van der Waals surface area contributed by atoms with Crippen LogP contribution in [-0.2, 0) is 4.79 Å². The number of fused-ring (bicyclic) bond motifs is 1. The zero-order valence-electron chi connectivity index (χ0n) is 15.6. The molecule has 2 N–H and O–H groups in total. The van der Waals surface area contributed by atoms with Crippen molar-refractivity contribution in [2.24, 2.45) is 5.92 Å². The highest BCUT2D eigenvalue weighted by Gasteiger charge is 2.24. The molecule has 0 radical (unpaired) electrons. The van der Waals surface area contributed by atoms with Crippen molar-refractivity contribution in [3.8, 4) is 5.69 Å². The summed E-state index contributed by atoms with van der Waals surface area (Å²) in [6, 6.07) is 14.4. The van der Waals surface area contributed by atoms with Gasteiger partial charge in [0, 0.05) is 5.39 Å². The van der Waals surface area contributed by atoms with Crippen LogP contribution in [0.15, 0.2) is 59.4 Å². The zero-order chi connectivity index (χ0) is 20.3. The number of carbonyl (C=O) groups excluding carboxylic acids is 1. The Labute approximate surface area is 161 Å². The Morgan fingerprint density at radius 1 is 1.04 bits per heavy atom. The number of carbonyl (C=O) groups is 2. The molecule has 0 saturated carbocycles. The van der Waals surface area contributed by atoms with E-state index >= 15 is 0 Å². The molecule has 3 rings (SSSR count). The highest BCUT2D eigenvalue weighted by molar-refractivity contribution is 6.05. The predicted octanol–water partition coefficient (Wildman–Crippen LogP) is 2.61. The van der Waals surface area contributed by atoms with E-state index in [-0.39, 0.29) is 23.6 Å². The lowest BCUT2D eigenvalue weighted by Crippen LogP contribution is -2.42. The van der Waals surface area contributed by atoms with Crippen molar-refractivity contribution in [3.05, 3.63) is 70.6 Å². The minimum Gasteiger partial charge on any atom is -0.480 e. The molecule has 0 spiro atoms. The second-order valence-corrected chi connectivity index (χ2v) is 6.94. The highest BCUT2D eigenvalue weighted by Crippen LogP contribution is 2.16. The number of aliphatic carboxylic acids is 1. The number of benzene rings is 2. The van der Waals surface area contributed by atoms with E-state index in [1.807, 2.05) is 19.9 Å². The number of nitrogens with one attached hydrogen (secondary N) is 1. The van der Waals surface area contributed by atoms with Crippen LogP contribution in [-0.4, -0.2) is 32.8 Å². The fraction of sp³-hybridized carbons (Fsp3) is 0.238. The first-order chi connectivity index (χ1) is 13.4. The van der Waals surface area contributed by atoms with Gasteiger partial charge in [0.25, 0.3) is 11.5 Å². The smallest absolute Gasteiger partial charge is 0.326 e. The number of amides is 1. The van der Waals surface area contributed by atoms with Gasteiger partial charge in [-0.1, -0.05) is 50.2 Å². The molecular weight excluding hydrogens is 358 g/mol. The van der Waals surface area contributed by atoms with Crippen molar-refractivity contribution >= 4 is 22.6 Å². The first-order valence-corrected chi connectivity index (χ1v) is 8.99. The van der Waals surface area contributed by atoms with Crippen LogP contribution in [0.1, 0.15) is 30.8 Å². The molecule has 0 aliphatic rings. The summed E-state index contributed by atoms with van der Waals surface area (Å²) in [6.45, 7) is 3.76. The van der Waals surface area contributed by atoms with Crippen LogP contribution in [0.25, 0.3) is 16.5 Å². The Kier molecular flexibility index (Phi) is 5.54. The predicted molar refractivity (Wildman–Crippen MR) is 106 cm³/mol. The second-order valence-electron chi connectivity index (χ2n) is 6.94.